The normalized spacial score (nSPS) is 16.6. The minimum absolute atomic E-state index is 0.143. The van der Waals surface area contributed by atoms with E-state index in [0.717, 1.165) is 16.4 Å². The van der Waals surface area contributed by atoms with Gasteiger partial charge in [0.05, 0.1) is 18.2 Å². The molecule has 1 saturated heterocycles. The fraction of sp³-hybridized carbons (Fsp3) is 0.286. The fourth-order valence-electron chi connectivity index (χ4n) is 2.60. The van der Waals surface area contributed by atoms with Crippen LogP contribution in [-0.2, 0) is 10.0 Å². The zero-order valence-corrected chi connectivity index (χ0v) is 15.1. The van der Waals surface area contributed by atoms with Gasteiger partial charge in [-0.25, -0.2) is 18.4 Å². The molecule has 1 fully saturated rings. The van der Waals surface area contributed by atoms with E-state index < -0.39 is 10.0 Å². The molecule has 3 aromatic heterocycles. The molecule has 4 rings (SSSR count). The van der Waals surface area contributed by atoms with Gasteiger partial charge in [-0.3, -0.25) is 0 Å². The molecule has 24 heavy (non-hydrogen) atoms. The molecule has 0 amide bonds. The number of sulfonamides is 1. The fourth-order valence-corrected chi connectivity index (χ4v) is 5.45. The van der Waals surface area contributed by atoms with E-state index in [-0.39, 0.29) is 5.03 Å². The highest BCUT2D eigenvalue weighted by atomic mass is 32.2. The summed E-state index contributed by atoms with van der Waals surface area (Å²) in [5, 5.41) is 7.24. The monoisotopic (exact) mass is 381 g/mol. The highest BCUT2D eigenvalue weighted by Gasteiger charge is 2.30. The highest BCUT2D eigenvalue weighted by Crippen LogP contribution is 2.29. The number of nitrogens with one attached hydrogen (secondary N) is 1. The van der Waals surface area contributed by atoms with Gasteiger partial charge in [-0.1, -0.05) is 0 Å². The first kappa shape index (κ1) is 15.8. The first-order valence-corrected chi connectivity index (χ1v) is 10.6. The average Bonchev–Trinajstić information content (AvgIpc) is 3.36. The summed E-state index contributed by atoms with van der Waals surface area (Å²) < 4.78 is 26.4. The Bertz CT molecular complexity index is 894. The number of aromatic amines is 1. The number of nitrogens with zero attached hydrogens (tertiary/aromatic N) is 4. The minimum atomic E-state index is -3.48. The third-order valence-corrected chi connectivity index (χ3v) is 7.32. The molecule has 1 aliphatic heterocycles. The maximum Gasteiger partial charge on any atom is 0.260 e. The number of imidazole rings is 1. The molecule has 1 N–H and O–H groups in total. The molecule has 0 aromatic carbocycles. The van der Waals surface area contributed by atoms with Gasteiger partial charge in [-0.05, 0) is 11.4 Å². The molecule has 0 radical (unpaired) electrons. The maximum atomic E-state index is 12.5. The molecule has 7 nitrogen and oxygen atoms in total. The summed E-state index contributed by atoms with van der Waals surface area (Å²) in [6, 6.07) is 2.05. The lowest BCUT2D eigenvalue weighted by Crippen LogP contribution is -2.48. The van der Waals surface area contributed by atoms with Crippen LogP contribution in [0.2, 0.25) is 0 Å². The van der Waals surface area contributed by atoms with E-state index in [1.54, 1.807) is 22.7 Å². The van der Waals surface area contributed by atoms with Crippen molar-refractivity contribution in [3.8, 4) is 11.3 Å². The van der Waals surface area contributed by atoms with Crippen molar-refractivity contribution in [2.75, 3.05) is 31.1 Å². The van der Waals surface area contributed by atoms with Gasteiger partial charge < -0.3 is 9.88 Å². The molecule has 1 aliphatic rings. The average molecular weight is 382 g/mol. The van der Waals surface area contributed by atoms with E-state index in [9.17, 15) is 8.42 Å². The summed E-state index contributed by atoms with van der Waals surface area (Å²) in [6.45, 7) is 2.14. The topological polar surface area (TPSA) is 82.2 Å². The summed E-state index contributed by atoms with van der Waals surface area (Å²) in [5.74, 6) is 0. The van der Waals surface area contributed by atoms with Gasteiger partial charge in [0.15, 0.2) is 10.2 Å². The Morgan fingerprint density at radius 1 is 1.17 bits per heavy atom. The van der Waals surface area contributed by atoms with Gasteiger partial charge in [-0.2, -0.15) is 15.6 Å². The summed E-state index contributed by atoms with van der Waals surface area (Å²) in [5.41, 5.74) is 2.10. The standard InChI is InChI=1S/C14H15N5O2S3/c20-24(21,13-7-15-10-16-13)19-4-2-18(3-5-19)14-17-12(9-23-14)11-1-6-22-8-11/h1,6-10H,2-5H2,(H,15,16). The van der Waals surface area contributed by atoms with E-state index in [4.69, 9.17) is 0 Å². The smallest absolute Gasteiger partial charge is 0.260 e. The van der Waals surface area contributed by atoms with Crippen LogP contribution in [0.4, 0.5) is 5.13 Å². The second kappa shape index (κ2) is 6.28. The second-order valence-corrected chi connectivity index (χ2v) is 8.86. The zero-order valence-electron chi connectivity index (χ0n) is 12.6. The van der Waals surface area contributed by atoms with Crippen molar-refractivity contribution < 1.29 is 8.42 Å². The molecular formula is C14H15N5O2S3. The molecule has 0 spiro atoms. The minimum Gasteiger partial charge on any atom is -0.345 e. The van der Waals surface area contributed by atoms with Crippen molar-refractivity contribution in [2.24, 2.45) is 0 Å². The van der Waals surface area contributed by atoms with Crippen molar-refractivity contribution >= 4 is 37.8 Å². The SMILES string of the molecule is O=S(=O)(c1cnc[nH]1)N1CCN(c2nc(-c3ccsc3)cs2)CC1. The summed E-state index contributed by atoms with van der Waals surface area (Å²) in [4.78, 5) is 13.3. The second-order valence-electron chi connectivity index (χ2n) is 5.33. The third kappa shape index (κ3) is 2.86. The van der Waals surface area contributed by atoms with E-state index >= 15 is 0 Å². The molecule has 3 aromatic rings. The van der Waals surface area contributed by atoms with Gasteiger partial charge in [0, 0.05) is 42.5 Å². The molecule has 0 aliphatic carbocycles. The van der Waals surface area contributed by atoms with Gasteiger partial charge in [0.25, 0.3) is 10.0 Å². The number of piperazine rings is 1. The highest BCUT2D eigenvalue weighted by molar-refractivity contribution is 7.89. The number of thiazole rings is 1. The maximum absolute atomic E-state index is 12.5. The van der Waals surface area contributed by atoms with Crippen molar-refractivity contribution in [3.05, 3.63) is 34.7 Å². The molecule has 126 valence electrons. The lowest BCUT2D eigenvalue weighted by atomic mass is 10.3. The molecule has 0 unspecified atom stereocenters. The van der Waals surface area contributed by atoms with Crippen LogP contribution in [0.5, 0.6) is 0 Å². The number of aromatic nitrogens is 3. The predicted octanol–water partition coefficient (Wildman–Crippen LogP) is 2.11. The van der Waals surface area contributed by atoms with Crippen LogP contribution < -0.4 is 4.90 Å². The van der Waals surface area contributed by atoms with Gasteiger partial charge in [-0.15, -0.1) is 11.3 Å². The van der Waals surface area contributed by atoms with Crippen LogP contribution in [-0.4, -0.2) is 53.9 Å². The Kier molecular flexibility index (Phi) is 4.12. The lowest BCUT2D eigenvalue weighted by Gasteiger charge is -2.33. The Morgan fingerprint density at radius 2 is 2.00 bits per heavy atom. The van der Waals surface area contributed by atoms with E-state index in [1.165, 1.54) is 16.8 Å². The van der Waals surface area contributed by atoms with Crippen LogP contribution in [0.15, 0.2) is 39.8 Å². The van der Waals surface area contributed by atoms with Crippen molar-refractivity contribution in [2.45, 2.75) is 5.03 Å². The predicted molar refractivity (Wildman–Crippen MR) is 95.0 cm³/mol. The van der Waals surface area contributed by atoms with Crippen LogP contribution in [0.1, 0.15) is 0 Å². The molecule has 0 saturated carbocycles. The van der Waals surface area contributed by atoms with E-state index in [1.807, 2.05) is 10.8 Å². The van der Waals surface area contributed by atoms with Crippen LogP contribution in [0.3, 0.4) is 0 Å². The molecular weight excluding hydrogens is 366 g/mol. The Hall–Kier alpha value is -1.75. The quantitative estimate of drug-likeness (QED) is 0.748. The molecule has 0 atom stereocenters. The largest absolute Gasteiger partial charge is 0.345 e. The summed E-state index contributed by atoms with van der Waals surface area (Å²) >= 11 is 3.25. The first-order valence-electron chi connectivity index (χ1n) is 7.36. The molecule has 10 heteroatoms. The van der Waals surface area contributed by atoms with Crippen molar-refractivity contribution in [3.63, 3.8) is 0 Å². The number of hydrogen-bond acceptors (Lipinski definition) is 7. The third-order valence-electron chi connectivity index (χ3n) is 3.91. The molecule has 0 bridgehead atoms. The number of hydrogen-bond donors (Lipinski definition) is 1. The Labute approximate surface area is 147 Å². The Balaban J connectivity index is 1.45. The van der Waals surface area contributed by atoms with Gasteiger partial charge >= 0.3 is 0 Å². The van der Waals surface area contributed by atoms with Gasteiger partial charge in [0.1, 0.15) is 0 Å². The summed E-state index contributed by atoms with van der Waals surface area (Å²) in [6.07, 6.45) is 2.72. The van der Waals surface area contributed by atoms with Crippen molar-refractivity contribution in [1.29, 1.82) is 0 Å². The Morgan fingerprint density at radius 3 is 2.67 bits per heavy atom. The van der Waals surface area contributed by atoms with Crippen LogP contribution in [0.25, 0.3) is 11.3 Å². The lowest BCUT2D eigenvalue weighted by molar-refractivity contribution is 0.383. The summed E-state index contributed by atoms with van der Waals surface area (Å²) in [7, 11) is -3.48. The first-order chi connectivity index (χ1) is 11.6. The van der Waals surface area contributed by atoms with Gasteiger partial charge in [0.2, 0.25) is 0 Å². The van der Waals surface area contributed by atoms with Crippen LogP contribution in [0, 0.1) is 0 Å². The number of anilines is 1. The number of rotatable bonds is 4. The molecule has 4 heterocycles. The zero-order chi connectivity index (χ0) is 16.6. The number of thiophene rings is 1. The van der Waals surface area contributed by atoms with E-state index in [0.29, 0.717) is 26.2 Å². The van der Waals surface area contributed by atoms with Crippen LogP contribution >= 0.6 is 22.7 Å². The van der Waals surface area contributed by atoms with E-state index in [2.05, 4.69) is 31.3 Å². The number of H-pyrrole nitrogens is 1. The van der Waals surface area contributed by atoms with Crippen molar-refractivity contribution in [1.82, 2.24) is 19.3 Å².